The quantitative estimate of drug-likeness (QED) is 0.630. The minimum atomic E-state index is 0.140. The number of nitrogens with one attached hydrogen (secondary N) is 1. The molecule has 0 aromatic carbocycles. The molecule has 0 radical (unpaired) electrons. The Morgan fingerprint density at radius 2 is 2.40 bits per heavy atom. The van der Waals surface area contributed by atoms with Gasteiger partial charge in [0.05, 0.1) is 6.04 Å². The van der Waals surface area contributed by atoms with Gasteiger partial charge in [0.25, 0.3) is 0 Å². The van der Waals surface area contributed by atoms with Crippen LogP contribution in [-0.2, 0) is 4.79 Å². The molecule has 1 heterocycles. The van der Waals surface area contributed by atoms with E-state index in [4.69, 9.17) is 0 Å². The number of carbonyl (C=O) groups is 1. The second-order valence-electron chi connectivity index (χ2n) is 3.45. The van der Waals surface area contributed by atoms with Crippen LogP contribution >= 0.6 is 27.3 Å². The van der Waals surface area contributed by atoms with E-state index < -0.39 is 0 Å². The molecule has 84 valence electrons. The zero-order valence-electron chi connectivity index (χ0n) is 8.83. The van der Waals surface area contributed by atoms with Gasteiger partial charge in [-0.25, -0.2) is 0 Å². The van der Waals surface area contributed by atoms with Crippen LogP contribution in [0.4, 0.5) is 0 Å². The summed E-state index contributed by atoms with van der Waals surface area (Å²) >= 11 is 5.03. The van der Waals surface area contributed by atoms with Gasteiger partial charge in [-0.2, -0.15) is 0 Å². The van der Waals surface area contributed by atoms with Gasteiger partial charge >= 0.3 is 0 Å². The van der Waals surface area contributed by atoms with Crippen LogP contribution in [0.25, 0.3) is 0 Å². The lowest BCUT2D eigenvalue weighted by Crippen LogP contribution is -2.25. The third-order valence-corrected chi connectivity index (χ3v) is 3.75. The predicted octanol–water partition coefficient (Wildman–Crippen LogP) is 3.49. The normalized spacial score (nSPS) is 12.4. The molecule has 1 atom stereocenters. The molecule has 0 fully saturated rings. The van der Waals surface area contributed by atoms with Crippen LogP contribution in [-0.4, -0.2) is 11.2 Å². The molecule has 4 heteroatoms. The van der Waals surface area contributed by atoms with Gasteiger partial charge in [0.15, 0.2) is 0 Å². The van der Waals surface area contributed by atoms with Crippen LogP contribution in [0.3, 0.4) is 0 Å². The number of hydrogen-bond acceptors (Lipinski definition) is 2. The molecule has 0 aliphatic rings. The fourth-order valence-electron chi connectivity index (χ4n) is 1.30. The Morgan fingerprint density at radius 1 is 1.60 bits per heavy atom. The van der Waals surface area contributed by atoms with Crippen molar-refractivity contribution in [2.24, 2.45) is 0 Å². The standard InChI is InChI=1S/C11H16BrNOS/c1-9(10-5-4-8-15-10)13-11(14)6-2-3-7-12/h4-5,8-9H,2-3,6-7H2,1H3,(H,13,14). The summed E-state index contributed by atoms with van der Waals surface area (Å²) in [5.41, 5.74) is 0. The van der Waals surface area contributed by atoms with Gasteiger partial charge in [-0.1, -0.05) is 22.0 Å². The van der Waals surface area contributed by atoms with Crippen LogP contribution in [0.15, 0.2) is 17.5 Å². The fourth-order valence-corrected chi connectivity index (χ4v) is 2.43. The lowest BCUT2D eigenvalue weighted by atomic mass is 10.2. The number of rotatable bonds is 6. The summed E-state index contributed by atoms with van der Waals surface area (Å²) < 4.78 is 0. The van der Waals surface area contributed by atoms with Gasteiger partial charge < -0.3 is 5.32 Å². The van der Waals surface area contributed by atoms with E-state index in [-0.39, 0.29) is 11.9 Å². The molecule has 1 aromatic rings. The number of carbonyl (C=O) groups excluding carboxylic acids is 1. The molecular formula is C11H16BrNOS. The highest BCUT2D eigenvalue weighted by Crippen LogP contribution is 2.18. The molecule has 15 heavy (non-hydrogen) atoms. The van der Waals surface area contributed by atoms with Crippen molar-refractivity contribution >= 4 is 33.2 Å². The van der Waals surface area contributed by atoms with E-state index in [9.17, 15) is 4.79 Å². The fraction of sp³-hybridized carbons (Fsp3) is 0.545. The summed E-state index contributed by atoms with van der Waals surface area (Å²) in [5.74, 6) is 0.150. The van der Waals surface area contributed by atoms with Crippen molar-refractivity contribution < 1.29 is 4.79 Å². The average molecular weight is 290 g/mol. The van der Waals surface area contributed by atoms with E-state index in [2.05, 4.69) is 21.2 Å². The van der Waals surface area contributed by atoms with E-state index in [1.807, 2.05) is 24.4 Å². The van der Waals surface area contributed by atoms with Crippen LogP contribution < -0.4 is 5.32 Å². The minimum Gasteiger partial charge on any atom is -0.349 e. The molecule has 0 bridgehead atoms. The van der Waals surface area contributed by atoms with E-state index in [0.29, 0.717) is 6.42 Å². The number of amides is 1. The average Bonchev–Trinajstić information content (AvgIpc) is 2.70. The molecule has 1 rings (SSSR count). The van der Waals surface area contributed by atoms with Gasteiger partial charge in [0.1, 0.15) is 0 Å². The molecule has 1 N–H and O–H groups in total. The molecule has 0 spiro atoms. The Labute approximate surface area is 103 Å². The first-order valence-corrected chi connectivity index (χ1v) is 7.13. The number of thiophene rings is 1. The second-order valence-corrected chi connectivity index (χ2v) is 5.22. The molecule has 1 aromatic heterocycles. The van der Waals surface area contributed by atoms with Crippen LogP contribution in [0.2, 0.25) is 0 Å². The molecule has 0 aliphatic carbocycles. The van der Waals surface area contributed by atoms with Gasteiger partial charge in [-0.3, -0.25) is 4.79 Å². The van der Waals surface area contributed by atoms with Gasteiger partial charge in [-0.15, -0.1) is 11.3 Å². The van der Waals surface area contributed by atoms with Crippen LogP contribution in [0, 0.1) is 0 Å². The largest absolute Gasteiger partial charge is 0.349 e. The van der Waals surface area contributed by atoms with Gasteiger partial charge in [-0.05, 0) is 31.2 Å². The maximum atomic E-state index is 11.5. The monoisotopic (exact) mass is 289 g/mol. The Morgan fingerprint density at radius 3 is 3.00 bits per heavy atom. The topological polar surface area (TPSA) is 29.1 Å². The molecular weight excluding hydrogens is 274 g/mol. The van der Waals surface area contributed by atoms with Crippen LogP contribution in [0.5, 0.6) is 0 Å². The smallest absolute Gasteiger partial charge is 0.220 e. The molecule has 1 amide bonds. The Kier molecular flexibility index (Phi) is 5.95. The number of halogens is 1. The van der Waals surface area contributed by atoms with Crippen molar-refractivity contribution in [3.63, 3.8) is 0 Å². The zero-order valence-corrected chi connectivity index (χ0v) is 11.2. The molecule has 0 saturated heterocycles. The van der Waals surface area contributed by atoms with Crippen molar-refractivity contribution in [2.75, 3.05) is 5.33 Å². The highest BCUT2D eigenvalue weighted by molar-refractivity contribution is 9.09. The summed E-state index contributed by atoms with van der Waals surface area (Å²) in [4.78, 5) is 12.7. The summed E-state index contributed by atoms with van der Waals surface area (Å²) in [7, 11) is 0. The van der Waals surface area contributed by atoms with Crippen molar-refractivity contribution in [2.45, 2.75) is 32.2 Å². The van der Waals surface area contributed by atoms with E-state index in [0.717, 1.165) is 18.2 Å². The van der Waals surface area contributed by atoms with Crippen molar-refractivity contribution in [3.8, 4) is 0 Å². The highest BCUT2D eigenvalue weighted by atomic mass is 79.9. The number of alkyl halides is 1. The highest BCUT2D eigenvalue weighted by Gasteiger charge is 2.09. The SMILES string of the molecule is CC(NC(=O)CCCCBr)c1cccs1. The first-order valence-electron chi connectivity index (χ1n) is 5.12. The van der Waals surface area contributed by atoms with Gasteiger partial charge in [0.2, 0.25) is 5.91 Å². The van der Waals surface area contributed by atoms with Crippen LogP contribution in [0.1, 0.15) is 37.1 Å². The third kappa shape index (κ3) is 4.80. The maximum Gasteiger partial charge on any atom is 0.220 e. The van der Waals surface area contributed by atoms with E-state index in [1.54, 1.807) is 11.3 Å². The zero-order chi connectivity index (χ0) is 11.1. The first kappa shape index (κ1) is 12.7. The van der Waals surface area contributed by atoms with Crippen molar-refractivity contribution in [3.05, 3.63) is 22.4 Å². The molecule has 2 nitrogen and oxygen atoms in total. The van der Waals surface area contributed by atoms with E-state index >= 15 is 0 Å². The third-order valence-electron chi connectivity index (χ3n) is 2.13. The second kappa shape index (κ2) is 7.01. The molecule has 0 aliphatic heterocycles. The summed E-state index contributed by atoms with van der Waals surface area (Å²) in [6, 6.07) is 4.20. The van der Waals surface area contributed by atoms with Gasteiger partial charge in [0, 0.05) is 16.6 Å². The van der Waals surface area contributed by atoms with Crippen molar-refractivity contribution in [1.82, 2.24) is 5.32 Å². The summed E-state index contributed by atoms with van der Waals surface area (Å²) in [6.07, 6.45) is 2.64. The molecule has 1 unspecified atom stereocenters. The Bertz CT molecular complexity index is 287. The lowest BCUT2D eigenvalue weighted by Gasteiger charge is -2.11. The number of unbranched alkanes of at least 4 members (excludes halogenated alkanes) is 1. The summed E-state index contributed by atoms with van der Waals surface area (Å²) in [5, 5.41) is 6.00. The Hall–Kier alpha value is -0.350. The number of hydrogen-bond donors (Lipinski definition) is 1. The summed E-state index contributed by atoms with van der Waals surface area (Å²) in [6.45, 7) is 2.02. The van der Waals surface area contributed by atoms with E-state index in [1.165, 1.54) is 4.88 Å². The maximum absolute atomic E-state index is 11.5. The minimum absolute atomic E-state index is 0.140. The lowest BCUT2D eigenvalue weighted by molar-refractivity contribution is -0.121. The molecule has 0 saturated carbocycles. The Balaban J connectivity index is 2.26. The predicted molar refractivity (Wildman–Crippen MR) is 68.5 cm³/mol. The van der Waals surface area contributed by atoms with Crippen molar-refractivity contribution in [1.29, 1.82) is 0 Å². The first-order chi connectivity index (χ1) is 7.24.